The number of carbonyl (C=O) groups excluding carboxylic acids is 2. The van der Waals surface area contributed by atoms with Gasteiger partial charge in [-0.15, -0.1) is 0 Å². The normalized spacial score (nSPS) is 13.6. The third kappa shape index (κ3) is 7.17. The maximum absolute atomic E-state index is 13.0. The number of amides is 2. The molecular weight excluding hydrogens is 395 g/mol. The first-order chi connectivity index (χ1) is 14.3. The summed E-state index contributed by atoms with van der Waals surface area (Å²) >= 11 is 0. The highest BCUT2D eigenvalue weighted by Crippen LogP contribution is 2.07. The summed E-state index contributed by atoms with van der Waals surface area (Å²) in [7, 11) is 0. The summed E-state index contributed by atoms with van der Waals surface area (Å²) in [6, 6.07) is 11.3. The lowest BCUT2D eigenvalue weighted by Crippen LogP contribution is -2.56. The molecule has 0 heterocycles. The largest absolute Gasteiger partial charge is 0.480 e. The minimum atomic E-state index is -1.43. The fourth-order valence-corrected chi connectivity index (χ4v) is 2.61. The zero-order valence-corrected chi connectivity index (χ0v) is 16.2. The highest BCUT2D eigenvalue weighted by molar-refractivity contribution is 5.89. The van der Waals surface area contributed by atoms with Gasteiger partial charge in [-0.3, -0.25) is 4.79 Å². The summed E-state index contributed by atoms with van der Waals surface area (Å²) in [4.78, 5) is 36.0. The number of carboxylic acid groups (broad SMARTS) is 1. The minimum Gasteiger partial charge on any atom is -0.480 e. The van der Waals surface area contributed by atoms with Crippen LogP contribution >= 0.6 is 0 Å². The van der Waals surface area contributed by atoms with Gasteiger partial charge in [-0.1, -0.05) is 42.5 Å². The van der Waals surface area contributed by atoms with E-state index in [0.717, 1.165) is 5.56 Å². The van der Waals surface area contributed by atoms with Crippen molar-refractivity contribution in [1.29, 1.82) is 0 Å². The standard InChI is InChI=1S/C21H23FN2O6/c1-13(25)18(24-21(29)30-12-15-5-3-2-4-6-15)19(26)23-17(20(27)28)11-14-7-9-16(22)10-8-14/h2-10,13,17-18,25H,11-12H2,1H3,(H,23,26)(H,24,29)(H,27,28)/t13-,17-,18+/m1/s1. The average molecular weight is 418 g/mol. The molecule has 0 aliphatic rings. The molecule has 0 aliphatic carbocycles. The van der Waals surface area contributed by atoms with Gasteiger partial charge in [0.2, 0.25) is 5.91 Å². The lowest BCUT2D eigenvalue weighted by atomic mass is 10.0. The van der Waals surface area contributed by atoms with Crippen molar-refractivity contribution < 1.29 is 33.7 Å². The number of ether oxygens (including phenoxy) is 1. The van der Waals surface area contributed by atoms with E-state index in [9.17, 15) is 29.0 Å². The summed E-state index contributed by atoms with van der Waals surface area (Å²) in [5.41, 5.74) is 1.23. The fraction of sp³-hybridized carbons (Fsp3) is 0.286. The van der Waals surface area contributed by atoms with Gasteiger partial charge < -0.3 is 25.6 Å². The topological polar surface area (TPSA) is 125 Å². The molecule has 30 heavy (non-hydrogen) atoms. The van der Waals surface area contributed by atoms with Crippen molar-refractivity contribution in [3.8, 4) is 0 Å². The van der Waals surface area contributed by atoms with Gasteiger partial charge in [0.1, 0.15) is 24.5 Å². The molecule has 0 saturated carbocycles. The van der Waals surface area contributed by atoms with E-state index in [1.807, 2.05) is 6.07 Å². The summed E-state index contributed by atoms with van der Waals surface area (Å²) in [5.74, 6) is -2.68. The summed E-state index contributed by atoms with van der Waals surface area (Å²) in [5, 5.41) is 23.8. The van der Waals surface area contributed by atoms with Crippen molar-refractivity contribution in [2.24, 2.45) is 0 Å². The number of halogens is 1. The number of alkyl carbamates (subject to hydrolysis) is 1. The second-order valence-corrected chi connectivity index (χ2v) is 6.65. The van der Waals surface area contributed by atoms with Gasteiger partial charge in [0.25, 0.3) is 0 Å². The van der Waals surface area contributed by atoms with Crippen LogP contribution in [-0.4, -0.2) is 46.4 Å². The second kappa shape index (κ2) is 10.9. The zero-order chi connectivity index (χ0) is 22.1. The van der Waals surface area contributed by atoms with Gasteiger partial charge in [-0.25, -0.2) is 14.0 Å². The fourth-order valence-electron chi connectivity index (χ4n) is 2.61. The Hall–Kier alpha value is -3.46. The van der Waals surface area contributed by atoms with E-state index in [-0.39, 0.29) is 13.0 Å². The van der Waals surface area contributed by atoms with Gasteiger partial charge in [-0.2, -0.15) is 0 Å². The van der Waals surface area contributed by atoms with Crippen LogP contribution in [-0.2, 0) is 27.4 Å². The zero-order valence-electron chi connectivity index (χ0n) is 16.2. The number of benzene rings is 2. The number of carboxylic acids is 1. The predicted octanol–water partition coefficient (Wildman–Crippen LogP) is 1.61. The molecule has 0 bridgehead atoms. The van der Waals surface area contributed by atoms with Crippen LogP contribution in [0.2, 0.25) is 0 Å². The van der Waals surface area contributed by atoms with E-state index in [1.165, 1.54) is 31.2 Å². The van der Waals surface area contributed by atoms with E-state index < -0.39 is 42.0 Å². The van der Waals surface area contributed by atoms with Crippen molar-refractivity contribution in [2.45, 2.75) is 38.1 Å². The maximum Gasteiger partial charge on any atom is 0.408 e. The van der Waals surface area contributed by atoms with Crippen LogP contribution in [0.3, 0.4) is 0 Å². The van der Waals surface area contributed by atoms with Crippen molar-refractivity contribution in [3.63, 3.8) is 0 Å². The number of hydrogen-bond acceptors (Lipinski definition) is 5. The van der Waals surface area contributed by atoms with Crippen molar-refractivity contribution in [2.75, 3.05) is 0 Å². The maximum atomic E-state index is 13.0. The Kier molecular flexibility index (Phi) is 8.30. The molecule has 0 unspecified atom stereocenters. The van der Waals surface area contributed by atoms with Crippen LogP contribution in [0.15, 0.2) is 54.6 Å². The minimum absolute atomic E-state index is 0.0386. The third-order valence-corrected chi connectivity index (χ3v) is 4.22. The molecule has 0 aromatic heterocycles. The highest BCUT2D eigenvalue weighted by Gasteiger charge is 2.30. The van der Waals surface area contributed by atoms with Gasteiger partial charge in [0.05, 0.1) is 6.10 Å². The molecule has 2 aromatic carbocycles. The van der Waals surface area contributed by atoms with Crippen LogP contribution in [0.1, 0.15) is 18.1 Å². The lowest BCUT2D eigenvalue weighted by molar-refractivity contribution is -0.142. The molecule has 0 aliphatic heterocycles. The van der Waals surface area contributed by atoms with Crippen molar-refractivity contribution >= 4 is 18.0 Å². The Morgan fingerprint density at radius 3 is 2.20 bits per heavy atom. The monoisotopic (exact) mass is 418 g/mol. The Morgan fingerprint density at radius 2 is 1.63 bits per heavy atom. The van der Waals surface area contributed by atoms with Crippen LogP contribution in [0.4, 0.5) is 9.18 Å². The number of aliphatic hydroxyl groups is 1. The van der Waals surface area contributed by atoms with Gasteiger partial charge in [-0.05, 0) is 30.2 Å². The van der Waals surface area contributed by atoms with Crippen LogP contribution < -0.4 is 10.6 Å². The van der Waals surface area contributed by atoms with Gasteiger partial charge in [0.15, 0.2) is 0 Å². The summed E-state index contributed by atoms with van der Waals surface area (Å²) in [6.45, 7) is 1.24. The van der Waals surface area contributed by atoms with Gasteiger partial charge in [0, 0.05) is 6.42 Å². The van der Waals surface area contributed by atoms with Crippen LogP contribution in [0, 0.1) is 5.82 Å². The smallest absolute Gasteiger partial charge is 0.408 e. The summed E-state index contributed by atoms with van der Waals surface area (Å²) < 4.78 is 18.0. The molecule has 2 rings (SSSR count). The lowest BCUT2D eigenvalue weighted by Gasteiger charge is -2.23. The van der Waals surface area contributed by atoms with E-state index in [0.29, 0.717) is 5.56 Å². The molecule has 0 saturated heterocycles. The quantitative estimate of drug-likeness (QED) is 0.490. The molecule has 4 N–H and O–H groups in total. The average Bonchev–Trinajstić information content (AvgIpc) is 2.71. The second-order valence-electron chi connectivity index (χ2n) is 6.65. The number of aliphatic hydroxyl groups excluding tert-OH is 1. The molecule has 9 heteroatoms. The van der Waals surface area contributed by atoms with E-state index in [1.54, 1.807) is 24.3 Å². The number of aliphatic carboxylic acids is 1. The molecule has 160 valence electrons. The number of nitrogens with one attached hydrogen (secondary N) is 2. The third-order valence-electron chi connectivity index (χ3n) is 4.22. The molecule has 0 spiro atoms. The first kappa shape index (κ1) is 22.8. The molecule has 2 amide bonds. The number of carbonyl (C=O) groups is 3. The van der Waals surface area contributed by atoms with Gasteiger partial charge >= 0.3 is 12.1 Å². The first-order valence-electron chi connectivity index (χ1n) is 9.19. The number of rotatable bonds is 9. The molecule has 3 atom stereocenters. The van der Waals surface area contributed by atoms with Crippen molar-refractivity contribution in [1.82, 2.24) is 10.6 Å². The Balaban J connectivity index is 1.97. The predicted molar refractivity (Wildman–Crippen MR) is 105 cm³/mol. The molecule has 8 nitrogen and oxygen atoms in total. The summed E-state index contributed by atoms with van der Waals surface area (Å²) in [6.07, 6.45) is -2.35. The molecule has 2 aromatic rings. The Morgan fingerprint density at radius 1 is 1.00 bits per heavy atom. The molecular formula is C21H23FN2O6. The molecule has 0 radical (unpaired) electrons. The van der Waals surface area contributed by atoms with Crippen LogP contribution in [0.5, 0.6) is 0 Å². The number of hydrogen-bond donors (Lipinski definition) is 4. The van der Waals surface area contributed by atoms with E-state index in [4.69, 9.17) is 4.74 Å². The van der Waals surface area contributed by atoms with Crippen molar-refractivity contribution in [3.05, 3.63) is 71.5 Å². The Labute approximate surface area is 172 Å². The first-order valence-corrected chi connectivity index (χ1v) is 9.19. The Bertz CT molecular complexity index is 858. The van der Waals surface area contributed by atoms with Crippen LogP contribution in [0.25, 0.3) is 0 Å². The van der Waals surface area contributed by atoms with E-state index in [2.05, 4.69) is 10.6 Å². The molecule has 0 fully saturated rings. The SMILES string of the molecule is C[C@@H](O)[C@H](NC(=O)OCc1ccccc1)C(=O)N[C@H](Cc1ccc(F)cc1)C(=O)O. The van der Waals surface area contributed by atoms with E-state index >= 15 is 0 Å². The highest BCUT2D eigenvalue weighted by atomic mass is 19.1.